The largest absolute Gasteiger partial charge is 0.303 e. The number of halogens is 2. The molecule has 86 valence electrons. The van der Waals surface area contributed by atoms with Gasteiger partial charge in [0.25, 0.3) is 0 Å². The van der Waals surface area contributed by atoms with Crippen LogP contribution in [0.25, 0.3) is 0 Å². The summed E-state index contributed by atoms with van der Waals surface area (Å²) in [7, 11) is 0. The second kappa shape index (κ2) is 4.32. The molecule has 0 spiro atoms. The van der Waals surface area contributed by atoms with Gasteiger partial charge in [0.2, 0.25) is 5.92 Å². The van der Waals surface area contributed by atoms with E-state index in [0.717, 1.165) is 11.8 Å². The Morgan fingerprint density at radius 2 is 1.94 bits per heavy atom. The molecule has 0 aliphatic heterocycles. The maximum absolute atomic E-state index is 13.3. The summed E-state index contributed by atoms with van der Waals surface area (Å²) in [4.78, 5) is 10.9. The van der Waals surface area contributed by atoms with Gasteiger partial charge in [-0.25, -0.2) is 8.78 Å². The molecule has 3 heteroatoms. The first kappa shape index (κ1) is 11.2. The zero-order chi connectivity index (χ0) is 11.6. The average Bonchev–Trinajstić information content (AvgIpc) is 2.29. The summed E-state index contributed by atoms with van der Waals surface area (Å²) in [5, 5.41) is 0. The maximum atomic E-state index is 13.3. The van der Waals surface area contributed by atoms with Crippen LogP contribution in [0.15, 0.2) is 30.3 Å². The van der Waals surface area contributed by atoms with Crippen LogP contribution in [-0.2, 0) is 4.79 Å². The van der Waals surface area contributed by atoms with Gasteiger partial charge in [-0.3, -0.25) is 0 Å². The van der Waals surface area contributed by atoms with E-state index in [1.165, 1.54) is 0 Å². The van der Waals surface area contributed by atoms with Crippen LogP contribution in [0.4, 0.5) is 8.78 Å². The van der Waals surface area contributed by atoms with Crippen molar-refractivity contribution in [2.45, 2.75) is 31.1 Å². The van der Waals surface area contributed by atoms with Gasteiger partial charge >= 0.3 is 0 Å². The highest BCUT2D eigenvalue weighted by Gasteiger charge is 2.41. The zero-order valence-electron chi connectivity index (χ0n) is 8.90. The molecule has 0 aromatic heterocycles. The monoisotopic (exact) mass is 224 g/mol. The highest BCUT2D eigenvalue weighted by molar-refractivity contribution is 5.56. The Bertz CT molecular complexity index is 361. The smallest absolute Gasteiger partial charge is 0.248 e. The number of carbonyl (C=O) groups excluding carboxylic acids is 1. The molecule has 0 heterocycles. The second-order valence-corrected chi connectivity index (χ2v) is 4.42. The lowest BCUT2D eigenvalue weighted by atomic mass is 9.74. The molecule has 2 atom stereocenters. The molecule has 16 heavy (non-hydrogen) atoms. The summed E-state index contributed by atoms with van der Waals surface area (Å²) >= 11 is 0. The summed E-state index contributed by atoms with van der Waals surface area (Å²) in [6.07, 6.45) is 0.739. The van der Waals surface area contributed by atoms with Gasteiger partial charge in [-0.05, 0) is 17.9 Å². The third-order valence-electron chi connectivity index (χ3n) is 3.28. The van der Waals surface area contributed by atoms with Crippen molar-refractivity contribution in [1.82, 2.24) is 0 Å². The minimum absolute atomic E-state index is 0.167. The van der Waals surface area contributed by atoms with E-state index < -0.39 is 5.92 Å². The molecule has 0 radical (unpaired) electrons. The van der Waals surface area contributed by atoms with E-state index in [0.29, 0.717) is 0 Å². The fraction of sp³-hybridized carbons (Fsp3) is 0.462. The molecular formula is C13H14F2O. The van der Waals surface area contributed by atoms with Gasteiger partial charge in [-0.1, -0.05) is 30.3 Å². The third-order valence-corrected chi connectivity index (χ3v) is 3.28. The molecule has 0 saturated heterocycles. The molecule has 0 N–H and O–H groups in total. The van der Waals surface area contributed by atoms with Crippen LogP contribution in [0.3, 0.4) is 0 Å². The molecule has 1 aromatic carbocycles. The topological polar surface area (TPSA) is 17.1 Å². The molecule has 2 rings (SSSR count). The quantitative estimate of drug-likeness (QED) is 0.703. The van der Waals surface area contributed by atoms with Crippen molar-refractivity contribution < 1.29 is 13.6 Å². The molecule has 1 aliphatic carbocycles. The standard InChI is InChI=1S/C13H14F2O/c14-13(15)7-6-11(9-16)12(8-13)10-4-2-1-3-5-10/h1-5,9,11-12H,6-8H2/t11-,12-/m0/s1. The van der Waals surface area contributed by atoms with E-state index in [-0.39, 0.29) is 31.1 Å². The third kappa shape index (κ3) is 2.29. The van der Waals surface area contributed by atoms with Crippen molar-refractivity contribution in [3.05, 3.63) is 35.9 Å². The number of hydrogen-bond acceptors (Lipinski definition) is 1. The van der Waals surface area contributed by atoms with E-state index >= 15 is 0 Å². The Labute approximate surface area is 93.5 Å². The Balaban J connectivity index is 2.25. The average molecular weight is 224 g/mol. The van der Waals surface area contributed by atoms with Crippen LogP contribution in [0, 0.1) is 5.92 Å². The van der Waals surface area contributed by atoms with Crippen LogP contribution in [0.5, 0.6) is 0 Å². The van der Waals surface area contributed by atoms with Gasteiger partial charge < -0.3 is 4.79 Å². The van der Waals surface area contributed by atoms with Gasteiger partial charge in [0.1, 0.15) is 6.29 Å². The number of rotatable bonds is 2. The van der Waals surface area contributed by atoms with Gasteiger partial charge in [0.15, 0.2) is 0 Å². The molecule has 0 bridgehead atoms. The van der Waals surface area contributed by atoms with E-state index in [1.807, 2.05) is 30.3 Å². The van der Waals surface area contributed by atoms with E-state index in [1.54, 1.807) is 0 Å². The first-order valence-electron chi connectivity index (χ1n) is 5.50. The minimum Gasteiger partial charge on any atom is -0.303 e. The SMILES string of the molecule is O=C[C@@H]1CCC(F)(F)C[C@H]1c1ccccc1. The molecule has 1 aliphatic rings. The number of aldehydes is 1. The zero-order valence-corrected chi connectivity index (χ0v) is 8.90. The van der Waals surface area contributed by atoms with Crippen LogP contribution in [0.1, 0.15) is 30.7 Å². The van der Waals surface area contributed by atoms with Gasteiger partial charge in [-0.15, -0.1) is 0 Å². The van der Waals surface area contributed by atoms with Gasteiger partial charge in [0, 0.05) is 18.8 Å². The molecule has 1 saturated carbocycles. The first-order valence-corrected chi connectivity index (χ1v) is 5.50. The first-order chi connectivity index (χ1) is 7.62. The van der Waals surface area contributed by atoms with E-state index in [9.17, 15) is 13.6 Å². The summed E-state index contributed by atoms with van der Waals surface area (Å²) < 4.78 is 26.7. The molecule has 1 aromatic rings. The normalized spacial score (nSPS) is 28.6. The maximum Gasteiger partial charge on any atom is 0.248 e. The van der Waals surface area contributed by atoms with Crippen molar-refractivity contribution in [2.75, 3.05) is 0 Å². The second-order valence-electron chi connectivity index (χ2n) is 4.42. The van der Waals surface area contributed by atoms with Crippen molar-refractivity contribution in [2.24, 2.45) is 5.92 Å². The summed E-state index contributed by atoms with van der Waals surface area (Å²) in [5.74, 6) is -3.22. The predicted molar refractivity (Wildman–Crippen MR) is 57.5 cm³/mol. The van der Waals surface area contributed by atoms with E-state index in [2.05, 4.69) is 0 Å². The van der Waals surface area contributed by atoms with Crippen molar-refractivity contribution in [1.29, 1.82) is 0 Å². The van der Waals surface area contributed by atoms with Crippen LogP contribution in [0.2, 0.25) is 0 Å². The predicted octanol–water partition coefficient (Wildman–Crippen LogP) is 3.40. The lowest BCUT2D eigenvalue weighted by Crippen LogP contribution is -2.31. The lowest BCUT2D eigenvalue weighted by molar-refractivity contribution is -0.116. The number of alkyl halides is 2. The molecular weight excluding hydrogens is 210 g/mol. The number of hydrogen-bond donors (Lipinski definition) is 0. The summed E-state index contributed by atoms with van der Waals surface area (Å²) in [5.41, 5.74) is 0.846. The Morgan fingerprint density at radius 3 is 2.56 bits per heavy atom. The Morgan fingerprint density at radius 1 is 1.25 bits per heavy atom. The van der Waals surface area contributed by atoms with Crippen LogP contribution in [-0.4, -0.2) is 12.2 Å². The molecule has 1 fully saturated rings. The molecule has 0 unspecified atom stereocenters. The Hall–Kier alpha value is -1.25. The van der Waals surface area contributed by atoms with Crippen molar-refractivity contribution >= 4 is 6.29 Å². The Kier molecular flexibility index (Phi) is 3.03. The van der Waals surface area contributed by atoms with Crippen molar-refractivity contribution in [3.8, 4) is 0 Å². The fourth-order valence-electron chi connectivity index (χ4n) is 2.38. The fourth-order valence-corrected chi connectivity index (χ4v) is 2.38. The number of benzene rings is 1. The highest BCUT2D eigenvalue weighted by atomic mass is 19.3. The summed E-state index contributed by atoms with van der Waals surface area (Å²) in [6, 6.07) is 9.14. The van der Waals surface area contributed by atoms with Gasteiger partial charge in [-0.2, -0.15) is 0 Å². The van der Waals surface area contributed by atoms with Crippen molar-refractivity contribution in [3.63, 3.8) is 0 Å². The lowest BCUT2D eigenvalue weighted by Gasteiger charge is -2.33. The highest BCUT2D eigenvalue weighted by Crippen LogP contribution is 2.44. The molecule has 1 nitrogen and oxygen atoms in total. The minimum atomic E-state index is -2.62. The number of carbonyl (C=O) groups is 1. The summed E-state index contributed by atoms with van der Waals surface area (Å²) in [6.45, 7) is 0. The van der Waals surface area contributed by atoms with E-state index in [4.69, 9.17) is 0 Å². The van der Waals surface area contributed by atoms with Gasteiger partial charge in [0.05, 0.1) is 0 Å². The van der Waals surface area contributed by atoms with Crippen LogP contribution >= 0.6 is 0 Å². The molecule has 0 amide bonds. The van der Waals surface area contributed by atoms with Crippen LogP contribution < -0.4 is 0 Å².